The average molecular weight is 414 g/mol. The minimum atomic E-state index is -0.709. The summed E-state index contributed by atoms with van der Waals surface area (Å²) in [4.78, 5) is 28.3. The summed E-state index contributed by atoms with van der Waals surface area (Å²) in [5.74, 6) is -0.0522. The number of hydrogen-bond acceptors (Lipinski definition) is 8. The van der Waals surface area contributed by atoms with Crippen molar-refractivity contribution < 1.29 is 28.9 Å². The normalized spacial score (nSPS) is 10.3. The second kappa shape index (κ2) is 9.07. The van der Waals surface area contributed by atoms with Crippen LogP contribution in [-0.4, -0.2) is 42.8 Å². The molecule has 150 valence electrons. The van der Waals surface area contributed by atoms with Crippen LogP contribution in [0.15, 0.2) is 47.8 Å². The van der Waals surface area contributed by atoms with Crippen LogP contribution in [0.2, 0.25) is 0 Å². The molecule has 1 aromatic heterocycles. The molecule has 0 saturated carbocycles. The van der Waals surface area contributed by atoms with Crippen LogP contribution in [0, 0.1) is 0 Å². The molecule has 0 aliphatic carbocycles. The van der Waals surface area contributed by atoms with Gasteiger partial charge in [0.2, 0.25) is 0 Å². The summed E-state index contributed by atoms with van der Waals surface area (Å²) in [6.07, 6.45) is 0. The number of carbonyl (C=O) groups excluding carboxylic acids is 2. The number of phenolic OH excluding ortho intramolecular Hbond substituents is 1. The zero-order valence-corrected chi connectivity index (χ0v) is 16.5. The van der Waals surface area contributed by atoms with Crippen molar-refractivity contribution in [2.45, 2.75) is 0 Å². The summed E-state index contributed by atoms with van der Waals surface area (Å²) in [7, 11) is 3.12. The minimum Gasteiger partial charge on any atom is -0.508 e. The highest BCUT2D eigenvalue weighted by atomic mass is 32.1. The number of hydrogen-bond donors (Lipinski definition) is 2. The van der Waals surface area contributed by atoms with Crippen LogP contribution in [0.5, 0.6) is 17.2 Å². The summed E-state index contributed by atoms with van der Waals surface area (Å²) >= 11 is 1.23. The highest BCUT2D eigenvalue weighted by Gasteiger charge is 2.14. The van der Waals surface area contributed by atoms with Gasteiger partial charge in [-0.25, -0.2) is 9.78 Å². The molecule has 0 saturated heterocycles. The fraction of sp³-hybridized carbons (Fsp3) is 0.150. The van der Waals surface area contributed by atoms with Crippen LogP contribution in [-0.2, 0) is 9.53 Å². The maximum Gasteiger partial charge on any atom is 0.338 e. The van der Waals surface area contributed by atoms with Crippen LogP contribution in [0.4, 0.5) is 5.13 Å². The Morgan fingerprint density at radius 3 is 2.69 bits per heavy atom. The highest BCUT2D eigenvalue weighted by molar-refractivity contribution is 7.14. The first-order valence-corrected chi connectivity index (χ1v) is 9.32. The topological polar surface area (TPSA) is 107 Å². The summed E-state index contributed by atoms with van der Waals surface area (Å²) in [6, 6.07) is 11.0. The van der Waals surface area contributed by atoms with Crippen molar-refractivity contribution >= 4 is 28.3 Å². The Labute approximate surface area is 170 Å². The van der Waals surface area contributed by atoms with Gasteiger partial charge in [-0.3, -0.25) is 10.1 Å². The largest absolute Gasteiger partial charge is 0.508 e. The second-order valence-corrected chi connectivity index (χ2v) is 6.64. The fourth-order valence-electron chi connectivity index (χ4n) is 2.47. The van der Waals surface area contributed by atoms with Crippen LogP contribution < -0.4 is 14.8 Å². The zero-order chi connectivity index (χ0) is 20.8. The van der Waals surface area contributed by atoms with Crippen LogP contribution in [0.1, 0.15) is 10.4 Å². The van der Waals surface area contributed by atoms with E-state index in [-0.39, 0.29) is 11.3 Å². The Balaban J connectivity index is 1.61. The molecule has 0 aliphatic heterocycles. The summed E-state index contributed by atoms with van der Waals surface area (Å²) in [6.45, 7) is -0.477. The molecule has 3 rings (SSSR count). The average Bonchev–Trinajstić information content (AvgIpc) is 3.19. The lowest BCUT2D eigenvalue weighted by Crippen LogP contribution is -2.20. The summed E-state index contributed by atoms with van der Waals surface area (Å²) < 4.78 is 15.5. The van der Waals surface area contributed by atoms with Crippen molar-refractivity contribution in [2.24, 2.45) is 0 Å². The smallest absolute Gasteiger partial charge is 0.338 e. The molecule has 1 heterocycles. The number of esters is 1. The third-order valence-corrected chi connectivity index (χ3v) is 4.61. The number of thiazole rings is 1. The predicted octanol–water partition coefficient (Wildman–Crippen LogP) is 3.33. The van der Waals surface area contributed by atoms with Gasteiger partial charge in [0, 0.05) is 17.0 Å². The Morgan fingerprint density at radius 1 is 1.14 bits per heavy atom. The third kappa shape index (κ3) is 5.02. The van der Waals surface area contributed by atoms with Gasteiger partial charge in [-0.05, 0) is 30.3 Å². The Morgan fingerprint density at radius 2 is 1.97 bits per heavy atom. The van der Waals surface area contributed by atoms with Crippen LogP contribution in [0.3, 0.4) is 0 Å². The molecule has 0 bridgehead atoms. The molecule has 0 radical (unpaired) electrons. The summed E-state index contributed by atoms with van der Waals surface area (Å²) in [5.41, 5.74) is 1.53. The molecule has 0 aliphatic rings. The number of methoxy groups -OCH3 is 2. The first-order chi connectivity index (χ1) is 14.0. The molecule has 1 amide bonds. The minimum absolute atomic E-state index is 0.0619. The Bertz CT molecular complexity index is 1030. The molecular weight excluding hydrogens is 396 g/mol. The molecular formula is C20H18N2O6S. The number of ether oxygens (including phenoxy) is 3. The quantitative estimate of drug-likeness (QED) is 0.571. The Kier molecular flexibility index (Phi) is 6.30. The van der Waals surface area contributed by atoms with Crippen molar-refractivity contribution in [1.82, 2.24) is 4.98 Å². The molecule has 29 heavy (non-hydrogen) atoms. The standard InChI is InChI=1S/C20H18N2O6S/c1-26-14-6-7-15(17(9-14)27-2)16-11-29-20(21-16)22-18(24)10-28-19(25)12-4-3-5-13(23)8-12/h3-9,11,23H,10H2,1-2H3,(H,21,22,24). The van der Waals surface area contributed by atoms with Gasteiger partial charge in [0.15, 0.2) is 11.7 Å². The fourth-order valence-corrected chi connectivity index (χ4v) is 3.19. The van der Waals surface area contributed by atoms with E-state index in [0.29, 0.717) is 22.3 Å². The second-order valence-electron chi connectivity index (χ2n) is 5.78. The van der Waals surface area contributed by atoms with E-state index < -0.39 is 18.5 Å². The first kappa shape index (κ1) is 20.2. The van der Waals surface area contributed by atoms with E-state index in [2.05, 4.69) is 10.3 Å². The SMILES string of the molecule is COc1ccc(-c2csc(NC(=O)COC(=O)c3cccc(O)c3)n2)c(OC)c1. The van der Waals surface area contributed by atoms with E-state index in [0.717, 1.165) is 5.56 Å². The number of anilines is 1. The van der Waals surface area contributed by atoms with Gasteiger partial charge in [0.05, 0.1) is 25.5 Å². The maximum absolute atomic E-state index is 12.1. The number of aromatic nitrogens is 1. The number of carbonyl (C=O) groups is 2. The summed E-state index contributed by atoms with van der Waals surface area (Å²) in [5, 5.41) is 14.1. The van der Waals surface area contributed by atoms with Gasteiger partial charge in [0.25, 0.3) is 5.91 Å². The maximum atomic E-state index is 12.1. The van der Waals surface area contributed by atoms with Crippen LogP contribution >= 0.6 is 11.3 Å². The van der Waals surface area contributed by atoms with Crippen molar-refractivity contribution in [1.29, 1.82) is 0 Å². The number of amides is 1. The monoisotopic (exact) mass is 414 g/mol. The van der Waals surface area contributed by atoms with Gasteiger partial charge in [-0.15, -0.1) is 11.3 Å². The lowest BCUT2D eigenvalue weighted by molar-refractivity contribution is -0.119. The highest BCUT2D eigenvalue weighted by Crippen LogP contribution is 2.34. The number of benzene rings is 2. The molecule has 2 N–H and O–H groups in total. The molecule has 2 aromatic carbocycles. The first-order valence-electron chi connectivity index (χ1n) is 8.44. The van der Waals surface area contributed by atoms with E-state index in [1.807, 2.05) is 6.07 Å². The molecule has 0 spiro atoms. The van der Waals surface area contributed by atoms with E-state index in [1.165, 1.54) is 35.6 Å². The van der Waals surface area contributed by atoms with Crippen molar-refractivity contribution in [2.75, 3.05) is 26.1 Å². The molecule has 8 nitrogen and oxygen atoms in total. The van der Waals surface area contributed by atoms with Crippen molar-refractivity contribution in [3.05, 3.63) is 53.4 Å². The predicted molar refractivity (Wildman–Crippen MR) is 108 cm³/mol. The lowest BCUT2D eigenvalue weighted by atomic mass is 10.1. The molecule has 9 heteroatoms. The van der Waals surface area contributed by atoms with E-state index >= 15 is 0 Å². The van der Waals surface area contributed by atoms with Gasteiger partial charge in [0.1, 0.15) is 17.2 Å². The van der Waals surface area contributed by atoms with E-state index in [4.69, 9.17) is 14.2 Å². The molecule has 3 aromatic rings. The molecule has 0 fully saturated rings. The molecule has 0 unspecified atom stereocenters. The number of phenols is 1. The Hall–Kier alpha value is -3.59. The van der Waals surface area contributed by atoms with Gasteiger partial charge < -0.3 is 19.3 Å². The van der Waals surface area contributed by atoms with Gasteiger partial charge in [-0.2, -0.15) is 0 Å². The number of nitrogens with one attached hydrogen (secondary N) is 1. The van der Waals surface area contributed by atoms with Gasteiger partial charge in [-0.1, -0.05) is 6.07 Å². The van der Waals surface area contributed by atoms with Gasteiger partial charge >= 0.3 is 5.97 Å². The lowest BCUT2D eigenvalue weighted by Gasteiger charge is -2.08. The number of rotatable bonds is 7. The van der Waals surface area contributed by atoms with Crippen LogP contribution in [0.25, 0.3) is 11.3 Å². The zero-order valence-electron chi connectivity index (χ0n) is 15.7. The van der Waals surface area contributed by atoms with E-state index in [9.17, 15) is 14.7 Å². The van der Waals surface area contributed by atoms with Crippen molar-refractivity contribution in [3.63, 3.8) is 0 Å². The third-order valence-electron chi connectivity index (χ3n) is 3.85. The number of aromatic hydroxyl groups is 1. The number of nitrogens with zero attached hydrogens (tertiary/aromatic N) is 1. The van der Waals surface area contributed by atoms with E-state index in [1.54, 1.807) is 31.7 Å². The van der Waals surface area contributed by atoms with Crippen molar-refractivity contribution in [3.8, 4) is 28.5 Å². The molecule has 0 atom stereocenters.